The lowest BCUT2D eigenvalue weighted by Gasteiger charge is -2.39. The van der Waals surface area contributed by atoms with Gasteiger partial charge in [0, 0.05) is 70.0 Å². The number of carbonyl (C=O) groups is 2. The number of aromatic nitrogens is 4. The van der Waals surface area contributed by atoms with Crippen molar-refractivity contribution in [1.82, 2.24) is 29.3 Å². The normalized spacial score (nSPS) is 16.9. The highest BCUT2D eigenvalue weighted by atomic mass is 16.6. The Bertz CT molecular complexity index is 2000. The summed E-state index contributed by atoms with van der Waals surface area (Å²) in [6.45, 7) is 24.2. The van der Waals surface area contributed by atoms with Crippen molar-refractivity contribution in [3.05, 3.63) is 46.5 Å². The molecule has 2 aliphatic heterocycles. The standard InChI is InChI=1S/C42H61N9O6/c1-10-11-24-55-29(3)34-28(2)32-27-44-38(46-36(32)51(37(34)52)30-14-12-13-15-30)45-35-33(48-18-22-50(23-19-48)40(54)57-42(7,8)9)25-31(26-43-35)47-16-20-49(21-17-47)39(53)56-41(4,5)6/h25-27,30H,3,10-24H2,1-2,4-9H3,(H,43,44,45,46). The molecular weight excluding hydrogens is 727 g/mol. The van der Waals surface area contributed by atoms with Gasteiger partial charge in [-0.3, -0.25) is 9.36 Å². The molecule has 2 saturated heterocycles. The van der Waals surface area contributed by atoms with Crippen molar-refractivity contribution in [1.29, 1.82) is 0 Å². The van der Waals surface area contributed by atoms with Crippen molar-refractivity contribution in [2.45, 2.75) is 111 Å². The topological polar surface area (TPSA) is 147 Å². The van der Waals surface area contributed by atoms with Crippen LogP contribution in [-0.2, 0) is 14.2 Å². The molecule has 3 fully saturated rings. The number of nitrogens with one attached hydrogen (secondary N) is 1. The molecule has 15 heteroatoms. The molecule has 0 radical (unpaired) electrons. The molecule has 57 heavy (non-hydrogen) atoms. The lowest BCUT2D eigenvalue weighted by Crippen LogP contribution is -2.51. The zero-order chi connectivity index (χ0) is 41.1. The second-order valence-corrected chi connectivity index (χ2v) is 17.3. The monoisotopic (exact) mass is 787 g/mol. The molecular formula is C42H61N9O6. The summed E-state index contributed by atoms with van der Waals surface area (Å²) in [5.41, 5.74) is 2.24. The van der Waals surface area contributed by atoms with Gasteiger partial charge in [-0.1, -0.05) is 32.8 Å². The number of unbranched alkanes of at least 4 members (excludes halogenated alkanes) is 1. The Morgan fingerprint density at radius 3 is 2.00 bits per heavy atom. The molecule has 1 saturated carbocycles. The van der Waals surface area contributed by atoms with Crippen molar-refractivity contribution in [3.8, 4) is 0 Å². The van der Waals surface area contributed by atoms with Crippen molar-refractivity contribution in [2.24, 2.45) is 0 Å². The smallest absolute Gasteiger partial charge is 0.410 e. The molecule has 1 aliphatic carbocycles. The van der Waals surface area contributed by atoms with Crippen molar-refractivity contribution >= 4 is 52.1 Å². The van der Waals surface area contributed by atoms with E-state index in [1.165, 1.54) is 0 Å². The molecule has 0 spiro atoms. The van der Waals surface area contributed by atoms with Crippen molar-refractivity contribution in [2.75, 3.05) is 74.1 Å². The summed E-state index contributed by atoms with van der Waals surface area (Å²) in [5.74, 6) is 1.25. The van der Waals surface area contributed by atoms with E-state index in [-0.39, 0.29) is 23.8 Å². The summed E-state index contributed by atoms with van der Waals surface area (Å²) in [5, 5.41) is 4.18. The highest BCUT2D eigenvalue weighted by molar-refractivity contribution is 5.85. The van der Waals surface area contributed by atoms with Gasteiger partial charge in [0.2, 0.25) is 5.95 Å². The fraction of sp³-hybridized carbons (Fsp3) is 0.619. The Kier molecular flexibility index (Phi) is 12.5. The van der Waals surface area contributed by atoms with Crippen LogP contribution in [0.3, 0.4) is 0 Å². The van der Waals surface area contributed by atoms with Gasteiger partial charge in [-0.2, -0.15) is 4.98 Å². The van der Waals surface area contributed by atoms with Gasteiger partial charge in [-0.15, -0.1) is 0 Å². The van der Waals surface area contributed by atoms with E-state index < -0.39 is 11.2 Å². The van der Waals surface area contributed by atoms with Gasteiger partial charge < -0.3 is 39.1 Å². The molecule has 310 valence electrons. The largest absolute Gasteiger partial charge is 0.493 e. The molecule has 3 aromatic rings. The molecule has 2 amide bonds. The number of nitrogens with zero attached hydrogens (tertiary/aromatic N) is 8. The Morgan fingerprint density at radius 1 is 0.860 bits per heavy atom. The minimum Gasteiger partial charge on any atom is -0.493 e. The maximum Gasteiger partial charge on any atom is 0.410 e. The van der Waals surface area contributed by atoms with Gasteiger partial charge in [0.05, 0.1) is 29.7 Å². The van der Waals surface area contributed by atoms with E-state index in [0.29, 0.717) is 87.7 Å². The molecule has 0 unspecified atom stereocenters. The maximum absolute atomic E-state index is 14.3. The molecule has 15 nitrogen and oxygen atoms in total. The molecule has 0 bridgehead atoms. The van der Waals surface area contributed by atoms with Crippen molar-refractivity contribution in [3.63, 3.8) is 0 Å². The van der Waals surface area contributed by atoms with Crippen LogP contribution in [0.2, 0.25) is 0 Å². The van der Waals surface area contributed by atoms with Crippen LogP contribution in [0, 0.1) is 6.92 Å². The summed E-state index contributed by atoms with van der Waals surface area (Å²) in [4.78, 5) is 62.6. The number of aryl methyl sites for hydroxylation is 1. The number of carbonyl (C=O) groups excluding carboxylic acids is 2. The first-order valence-corrected chi connectivity index (χ1v) is 20.5. The molecule has 3 aliphatic rings. The van der Waals surface area contributed by atoms with E-state index in [1.807, 2.05) is 59.2 Å². The Balaban J connectivity index is 1.31. The fourth-order valence-electron chi connectivity index (χ4n) is 7.62. The zero-order valence-corrected chi connectivity index (χ0v) is 35.2. The van der Waals surface area contributed by atoms with Crippen LogP contribution in [0.15, 0.2) is 29.8 Å². The quantitative estimate of drug-likeness (QED) is 0.163. The van der Waals surface area contributed by atoms with Crippen LogP contribution in [-0.4, -0.2) is 112 Å². The first kappa shape index (κ1) is 41.6. The van der Waals surface area contributed by atoms with Gasteiger partial charge in [-0.25, -0.2) is 19.6 Å². The Hall–Kier alpha value is -5.08. The molecule has 6 rings (SSSR count). The van der Waals surface area contributed by atoms with Crippen LogP contribution in [0.25, 0.3) is 16.8 Å². The maximum atomic E-state index is 14.3. The number of hydrogen-bond donors (Lipinski definition) is 1. The first-order valence-electron chi connectivity index (χ1n) is 20.5. The van der Waals surface area contributed by atoms with Crippen LogP contribution in [0.5, 0.6) is 0 Å². The van der Waals surface area contributed by atoms with Crippen LogP contribution >= 0.6 is 0 Å². The van der Waals surface area contributed by atoms with Gasteiger partial charge >= 0.3 is 12.2 Å². The average Bonchev–Trinajstić information content (AvgIpc) is 3.68. The van der Waals surface area contributed by atoms with E-state index in [9.17, 15) is 14.4 Å². The summed E-state index contributed by atoms with van der Waals surface area (Å²) in [6.07, 6.45) is 8.68. The fourth-order valence-corrected chi connectivity index (χ4v) is 7.62. The zero-order valence-electron chi connectivity index (χ0n) is 35.2. The number of ether oxygens (including phenoxy) is 3. The predicted molar refractivity (Wildman–Crippen MR) is 223 cm³/mol. The van der Waals surface area contributed by atoms with Crippen LogP contribution in [0.1, 0.15) is 104 Å². The van der Waals surface area contributed by atoms with Gasteiger partial charge in [0.1, 0.15) is 22.6 Å². The number of rotatable bonds is 10. The minimum atomic E-state index is -0.587. The Morgan fingerprint density at radius 2 is 1.44 bits per heavy atom. The number of hydrogen-bond acceptors (Lipinski definition) is 12. The number of pyridine rings is 2. The molecule has 0 aromatic carbocycles. The van der Waals surface area contributed by atoms with Gasteiger partial charge in [0.25, 0.3) is 5.56 Å². The second kappa shape index (κ2) is 17.2. The van der Waals surface area contributed by atoms with Crippen LogP contribution < -0.4 is 20.7 Å². The van der Waals surface area contributed by atoms with E-state index in [4.69, 9.17) is 29.2 Å². The van der Waals surface area contributed by atoms with Gasteiger partial charge in [-0.05, 0) is 79.4 Å². The molecule has 3 aromatic heterocycles. The van der Waals surface area contributed by atoms with E-state index in [0.717, 1.165) is 60.8 Å². The summed E-state index contributed by atoms with van der Waals surface area (Å²) in [7, 11) is 0. The minimum absolute atomic E-state index is 0.00978. The van der Waals surface area contributed by atoms with Crippen LogP contribution in [0.4, 0.5) is 32.7 Å². The molecule has 0 atom stereocenters. The average molecular weight is 788 g/mol. The lowest BCUT2D eigenvalue weighted by molar-refractivity contribution is 0.0230. The molecule has 5 heterocycles. The molecule has 1 N–H and O–H groups in total. The predicted octanol–water partition coefficient (Wildman–Crippen LogP) is 7.26. The summed E-state index contributed by atoms with van der Waals surface area (Å²) >= 11 is 0. The Labute approximate surface area is 336 Å². The SMILES string of the molecule is C=C(OCCCC)c1c(C)c2cnc(Nc3ncc(N4CCN(C(=O)OC(C)(C)C)CC4)cc3N3CCN(C(=O)OC(C)(C)C)CC3)nc2n(C2CCCC2)c1=O. The third kappa shape index (κ3) is 9.90. The second-order valence-electron chi connectivity index (χ2n) is 17.3. The first-order chi connectivity index (χ1) is 27.0. The van der Waals surface area contributed by atoms with E-state index in [1.54, 1.807) is 16.0 Å². The summed E-state index contributed by atoms with van der Waals surface area (Å²) in [6, 6.07) is 2.10. The van der Waals surface area contributed by atoms with Gasteiger partial charge in [0.15, 0.2) is 5.82 Å². The highest BCUT2D eigenvalue weighted by Gasteiger charge is 2.31. The summed E-state index contributed by atoms with van der Waals surface area (Å²) < 4.78 is 19.1. The number of piperazine rings is 2. The third-order valence-electron chi connectivity index (χ3n) is 10.6. The van der Waals surface area contributed by atoms with E-state index >= 15 is 0 Å². The van der Waals surface area contributed by atoms with Crippen molar-refractivity contribution < 1.29 is 23.8 Å². The highest BCUT2D eigenvalue weighted by Crippen LogP contribution is 2.35. The van der Waals surface area contributed by atoms with E-state index in [2.05, 4.69) is 34.7 Å². The lowest BCUT2D eigenvalue weighted by atomic mass is 10.0. The number of anilines is 4. The number of fused-ring (bicyclic) bond motifs is 1. The third-order valence-corrected chi connectivity index (χ3v) is 10.6. The number of amides is 2.